The van der Waals surface area contributed by atoms with Crippen LogP contribution in [0, 0.1) is 11.3 Å². The lowest BCUT2D eigenvalue weighted by atomic mass is 9.72. The third kappa shape index (κ3) is 5.58. The highest BCUT2D eigenvalue weighted by atomic mass is 32.1. The zero-order valence-corrected chi connectivity index (χ0v) is 23.0. The van der Waals surface area contributed by atoms with Gasteiger partial charge in [-0.15, -0.1) is 11.3 Å². The predicted octanol–water partition coefficient (Wildman–Crippen LogP) is 7.64. The van der Waals surface area contributed by atoms with Crippen LogP contribution < -0.4 is 5.32 Å². The highest BCUT2D eigenvalue weighted by molar-refractivity contribution is 7.16. The molecule has 1 aliphatic carbocycles. The SMILES string of the molecule is CC(=O)c1ccc(-c2ccc(C=Nc3sc4c(c3C(=O)NCc3ccco3)CC[C@@H](C(C)(C)C)C4)o2)cc1. The Balaban J connectivity index is 1.41. The molecule has 3 aromatic heterocycles. The molecule has 1 atom stereocenters. The summed E-state index contributed by atoms with van der Waals surface area (Å²) in [6, 6.07) is 14.7. The van der Waals surface area contributed by atoms with Crippen LogP contribution in [0.2, 0.25) is 0 Å². The maximum Gasteiger partial charge on any atom is 0.255 e. The molecule has 6 nitrogen and oxygen atoms in total. The standard InChI is InChI=1S/C31H32N2O4S/c1-19(34)20-7-9-21(10-8-20)26-14-12-24(37-26)18-33-30-28(29(35)32-17-23-6-5-15-36-23)25-13-11-22(31(2,3)4)16-27(25)38-30/h5-10,12,14-15,18,22H,11,13,16-17H2,1-4H3,(H,32,35)/t22-/m1/s1. The minimum atomic E-state index is -0.133. The summed E-state index contributed by atoms with van der Waals surface area (Å²) in [5, 5.41) is 3.71. The fraction of sp³-hybridized carbons (Fsp3) is 0.323. The van der Waals surface area contributed by atoms with E-state index < -0.39 is 0 Å². The number of thiophene rings is 1. The number of benzene rings is 1. The number of ketones is 1. The van der Waals surface area contributed by atoms with Crippen molar-refractivity contribution in [2.75, 3.05) is 0 Å². The summed E-state index contributed by atoms with van der Waals surface area (Å²) in [6.45, 7) is 8.74. The molecule has 0 radical (unpaired) electrons. The van der Waals surface area contributed by atoms with Crippen molar-refractivity contribution in [2.45, 2.75) is 53.5 Å². The summed E-state index contributed by atoms with van der Waals surface area (Å²) in [4.78, 5) is 30.9. The molecule has 1 N–H and O–H groups in total. The monoisotopic (exact) mass is 528 g/mol. The first-order valence-corrected chi connectivity index (χ1v) is 13.7. The van der Waals surface area contributed by atoms with E-state index in [9.17, 15) is 9.59 Å². The van der Waals surface area contributed by atoms with Crippen LogP contribution in [0.15, 0.2) is 68.6 Å². The summed E-state index contributed by atoms with van der Waals surface area (Å²) in [5.41, 5.74) is 3.53. The van der Waals surface area contributed by atoms with E-state index in [0.717, 1.165) is 30.4 Å². The minimum Gasteiger partial charge on any atom is -0.467 e. The van der Waals surface area contributed by atoms with Crippen LogP contribution in [0.5, 0.6) is 0 Å². The number of carbonyl (C=O) groups excluding carboxylic acids is 2. The summed E-state index contributed by atoms with van der Waals surface area (Å²) in [5.74, 6) is 2.45. The van der Waals surface area contributed by atoms with Crippen molar-refractivity contribution in [3.05, 3.63) is 87.9 Å². The fourth-order valence-corrected chi connectivity index (χ4v) is 6.14. The number of hydrogen-bond donors (Lipinski definition) is 1. The molecule has 0 saturated heterocycles. The number of carbonyl (C=O) groups is 2. The van der Waals surface area contributed by atoms with Gasteiger partial charge in [0.15, 0.2) is 5.78 Å². The maximum atomic E-state index is 13.4. The van der Waals surface area contributed by atoms with Crippen molar-refractivity contribution >= 4 is 34.2 Å². The second-order valence-corrected chi connectivity index (χ2v) is 11.9. The minimum absolute atomic E-state index is 0.0280. The number of hydrogen-bond acceptors (Lipinski definition) is 6. The highest BCUT2D eigenvalue weighted by Gasteiger charge is 2.33. The summed E-state index contributed by atoms with van der Waals surface area (Å²) in [6.07, 6.45) is 6.16. The molecule has 4 aromatic rings. The molecule has 1 aromatic carbocycles. The molecule has 0 saturated carbocycles. The lowest BCUT2D eigenvalue weighted by molar-refractivity contribution is 0.0946. The predicted molar refractivity (Wildman–Crippen MR) is 151 cm³/mol. The number of amides is 1. The Morgan fingerprint density at radius 3 is 2.61 bits per heavy atom. The summed E-state index contributed by atoms with van der Waals surface area (Å²) >= 11 is 1.60. The molecule has 0 fully saturated rings. The molecule has 5 rings (SSSR count). The Bertz CT molecular complexity index is 1470. The number of fused-ring (bicyclic) bond motifs is 1. The van der Waals surface area contributed by atoms with Gasteiger partial charge in [-0.05, 0) is 67.3 Å². The van der Waals surface area contributed by atoms with Crippen molar-refractivity contribution in [3.63, 3.8) is 0 Å². The zero-order valence-electron chi connectivity index (χ0n) is 22.2. The van der Waals surface area contributed by atoms with Crippen LogP contribution in [0.25, 0.3) is 11.3 Å². The molecular weight excluding hydrogens is 496 g/mol. The first kappa shape index (κ1) is 25.9. The van der Waals surface area contributed by atoms with E-state index in [2.05, 4.69) is 26.1 Å². The number of aliphatic imine (C=N–C) groups is 1. The second kappa shape index (κ2) is 10.6. The van der Waals surface area contributed by atoms with Gasteiger partial charge in [-0.3, -0.25) is 9.59 Å². The Hall–Kier alpha value is -3.71. The van der Waals surface area contributed by atoms with Crippen molar-refractivity contribution in [1.29, 1.82) is 0 Å². The smallest absolute Gasteiger partial charge is 0.255 e. The van der Waals surface area contributed by atoms with E-state index >= 15 is 0 Å². The molecular formula is C31H32N2O4S. The quantitative estimate of drug-likeness (QED) is 0.197. The van der Waals surface area contributed by atoms with E-state index in [4.69, 9.17) is 13.8 Å². The number of nitrogens with one attached hydrogen (secondary N) is 1. The normalized spacial score (nSPS) is 15.5. The first-order chi connectivity index (χ1) is 18.2. The van der Waals surface area contributed by atoms with Gasteiger partial charge in [0.05, 0.1) is 24.6 Å². The molecule has 0 unspecified atom stereocenters. The molecule has 38 heavy (non-hydrogen) atoms. The van der Waals surface area contributed by atoms with Crippen LogP contribution in [0.4, 0.5) is 5.00 Å². The Morgan fingerprint density at radius 1 is 1.13 bits per heavy atom. The van der Waals surface area contributed by atoms with Crippen LogP contribution in [0.3, 0.4) is 0 Å². The lowest BCUT2D eigenvalue weighted by Gasteiger charge is -2.33. The Labute approximate surface area is 226 Å². The Morgan fingerprint density at radius 2 is 1.92 bits per heavy atom. The molecule has 7 heteroatoms. The molecule has 1 amide bonds. The third-order valence-electron chi connectivity index (χ3n) is 7.21. The van der Waals surface area contributed by atoms with E-state index in [1.54, 1.807) is 42.9 Å². The van der Waals surface area contributed by atoms with Crippen LogP contribution in [-0.2, 0) is 19.4 Å². The van der Waals surface area contributed by atoms with Gasteiger partial charge < -0.3 is 14.2 Å². The molecule has 0 aliphatic heterocycles. The van der Waals surface area contributed by atoms with Gasteiger partial charge in [0, 0.05) is 16.0 Å². The van der Waals surface area contributed by atoms with Crippen molar-refractivity contribution in [2.24, 2.45) is 16.3 Å². The molecule has 1 aliphatic rings. The van der Waals surface area contributed by atoms with Crippen molar-refractivity contribution in [3.8, 4) is 11.3 Å². The average molecular weight is 529 g/mol. The van der Waals surface area contributed by atoms with Gasteiger partial charge >= 0.3 is 0 Å². The van der Waals surface area contributed by atoms with Gasteiger partial charge in [-0.1, -0.05) is 45.0 Å². The van der Waals surface area contributed by atoms with E-state index in [0.29, 0.717) is 45.9 Å². The largest absolute Gasteiger partial charge is 0.467 e. The topological polar surface area (TPSA) is 84.8 Å². The summed E-state index contributed by atoms with van der Waals surface area (Å²) in [7, 11) is 0. The first-order valence-electron chi connectivity index (χ1n) is 12.9. The molecule has 196 valence electrons. The highest BCUT2D eigenvalue weighted by Crippen LogP contribution is 2.45. The fourth-order valence-electron chi connectivity index (χ4n) is 4.87. The second-order valence-electron chi connectivity index (χ2n) is 10.8. The van der Waals surface area contributed by atoms with E-state index in [-0.39, 0.29) is 17.1 Å². The molecule has 0 spiro atoms. The van der Waals surface area contributed by atoms with Crippen molar-refractivity contribution in [1.82, 2.24) is 5.32 Å². The van der Waals surface area contributed by atoms with Gasteiger partial charge in [0.1, 0.15) is 22.3 Å². The Kier molecular flexibility index (Phi) is 7.21. The maximum absolute atomic E-state index is 13.4. The van der Waals surface area contributed by atoms with Crippen LogP contribution in [0.1, 0.15) is 76.8 Å². The van der Waals surface area contributed by atoms with Gasteiger partial charge in [-0.2, -0.15) is 0 Å². The van der Waals surface area contributed by atoms with Crippen molar-refractivity contribution < 1.29 is 18.4 Å². The van der Waals surface area contributed by atoms with Gasteiger partial charge in [0.2, 0.25) is 0 Å². The molecule has 0 bridgehead atoms. The zero-order chi connectivity index (χ0) is 26.9. The van der Waals surface area contributed by atoms with Gasteiger partial charge in [0.25, 0.3) is 5.91 Å². The van der Waals surface area contributed by atoms with Crippen LogP contribution >= 0.6 is 11.3 Å². The number of nitrogens with zero attached hydrogens (tertiary/aromatic N) is 1. The third-order valence-corrected chi connectivity index (χ3v) is 8.38. The number of Topliss-reactive ketones (excluding diaryl/α,β-unsaturated/α-hetero) is 1. The summed E-state index contributed by atoms with van der Waals surface area (Å²) < 4.78 is 11.4. The van der Waals surface area contributed by atoms with E-state index in [1.807, 2.05) is 36.4 Å². The number of rotatable bonds is 7. The number of furan rings is 2. The van der Waals surface area contributed by atoms with E-state index in [1.165, 1.54) is 4.88 Å². The van der Waals surface area contributed by atoms with Crippen LogP contribution in [-0.4, -0.2) is 17.9 Å². The molecule has 3 heterocycles. The average Bonchev–Trinajstić information content (AvgIpc) is 3.65. The van der Waals surface area contributed by atoms with Gasteiger partial charge in [-0.25, -0.2) is 4.99 Å². The lowest BCUT2D eigenvalue weighted by Crippen LogP contribution is -2.28.